The first kappa shape index (κ1) is 17.1. The van der Waals surface area contributed by atoms with Crippen LogP contribution in [0, 0.1) is 18.3 Å². The number of nitrogens with two attached hydrogens (primary N) is 1. The van der Waals surface area contributed by atoms with Crippen LogP contribution in [0.1, 0.15) is 11.1 Å². The highest BCUT2D eigenvalue weighted by Gasteiger charge is 2.12. The lowest BCUT2D eigenvalue weighted by atomic mass is 10.0. The molecule has 0 aliphatic carbocycles. The van der Waals surface area contributed by atoms with Crippen LogP contribution in [0.15, 0.2) is 53.6 Å². The monoisotopic (exact) mass is 367 g/mol. The summed E-state index contributed by atoms with van der Waals surface area (Å²) in [5.74, 6) is 1.09. The Morgan fingerprint density at radius 3 is 2.68 bits per heavy atom. The molecular weight excluding hydrogens is 354 g/mol. The van der Waals surface area contributed by atoms with E-state index in [1.807, 2.05) is 31.2 Å². The van der Waals surface area contributed by atoms with Gasteiger partial charge in [-0.25, -0.2) is 9.97 Å². The number of hydrogen-bond acceptors (Lipinski definition) is 6. The molecule has 0 saturated heterocycles. The van der Waals surface area contributed by atoms with Crippen LogP contribution in [0.5, 0.6) is 0 Å². The molecule has 0 aliphatic rings. The van der Waals surface area contributed by atoms with Gasteiger partial charge in [-0.1, -0.05) is 29.8 Å². The Kier molecular flexibility index (Phi) is 5.08. The molecule has 0 fully saturated rings. The average Bonchev–Trinajstić information content (AvgIpc) is 2.61. The molecule has 124 valence electrons. The summed E-state index contributed by atoms with van der Waals surface area (Å²) in [4.78, 5) is 8.80. The van der Waals surface area contributed by atoms with Crippen molar-refractivity contribution in [2.75, 3.05) is 10.5 Å². The fourth-order valence-electron chi connectivity index (χ4n) is 2.29. The SMILES string of the molecule is Cc1c(C#N)cccc1-c1nc(NSc2cccc(N)n2)ccc1Cl. The number of nitriles is 1. The molecule has 5 nitrogen and oxygen atoms in total. The third-order valence-corrected chi connectivity index (χ3v) is 4.61. The van der Waals surface area contributed by atoms with Crippen molar-refractivity contribution in [3.05, 3.63) is 64.7 Å². The van der Waals surface area contributed by atoms with Gasteiger partial charge < -0.3 is 10.5 Å². The van der Waals surface area contributed by atoms with Crippen molar-refractivity contribution in [1.82, 2.24) is 9.97 Å². The van der Waals surface area contributed by atoms with Crippen molar-refractivity contribution in [2.45, 2.75) is 11.9 Å². The third-order valence-electron chi connectivity index (χ3n) is 3.56. The summed E-state index contributed by atoms with van der Waals surface area (Å²) in [5, 5.41) is 10.5. The number of pyridine rings is 2. The van der Waals surface area contributed by atoms with E-state index in [0.29, 0.717) is 27.9 Å². The van der Waals surface area contributed by atoms with Crippen LogP contribution in [-0.2, 0) is 0 Å². The van der Waals surface area contributed by atoms with Crippen LogP contribution in [0.25, 0.3) is 11.3 Å². The highest BCUT2D eigenvalue weighted by molar-refractivity contribution is 8.00. The molecule has 0 aliphatic heterocycles. The van der Waals surface area contributed by atoms with Gasteiger partial charge in [-0.05, 0) is 42.8 Å². The van der Waals surface area contributed by atoms with Crippen molar-refractivity contribution in [3.63, 3.8) is 0 Å². The molecule has 0 unspecified atom stereocenters. The number of anilines is 2. The predicted molar refractivity (Wildman–Crippen MR) is 102 cm³/mol. The minimum atomic E-state index is 0.459. The maximum atomic E-state index is 9.21. The van der Waals surface area contributed by atoms with Gasteiger partial charge in [0.25, 0.3) is 0 Å². The number of hydrogen-bond donors (Lipinski definition) is 2. The summed E-state index contributed by atoms with van der Waals surface area (Å²) in [6.07, 6.45) is 0. The molecule has 0 radical (unpaired) electrons. The Labute approximate surface area is 155 Å². The van der Waals surface area contributed by atoms with Crippen LogP contribution >= 0.6 is 23.5 Å². The van der Waals surface area contributed by atoms with Crippen molar-refractivity contribution >= 4 is 35.2 Å². The van der Waals surface area contributed by atoms with Gasteiger partial charge in [0.05, 0.1) is 22.3 Å². The second kappa shape index (κ2) is 7.43. The lowest BCUT2D eigenvalue weighted by molar-refractivity contribution is 1.15. The topological polar surface area (TPSA) is 87.6 Å². The first-order valence-electron chi connectivity index (χ1n) is 7.40. The standard InChI is InChI=1S/C18H14ClN5S/c1-11-12(10-20)4-2-5-13(11)18-14(19)8-9-16(23-18)24-25-17-7-3-6-15(21)22-17/h2-9H,1H3,(H2,21,22)(H,23,24). The second-order valence-electron chi connectivity index (χ2n) is 5.22. The van der Waals surface area contributed by atoms with Gasteiger partial charge in [0.15, 0.2) is 0 Å². The van der Waals surface area contributed by atoms with Crippen molar-refractivity contribution in [1.29, 1.82) is 5.26 Å². The molecule has 0 bridgehead atoms. The molecule has 2 heterocycles. The van der Waals surface area contributed by atoms with E-state index >= 15 is 0 Å². The molecule has 3 aromatic rings. The van der Waals surface area contributed by atoms with Gasteiger partial charge in [-0.15, -0.1) is 0 Å². The van der Waals surface area contributed by atoms with E-state index in [1.165, 1.54) is 11.9 Å². The molecular formula is C18H14ClN5S. The van der Waals surface area contributed by atoms with Gasteiger partial charge in [-0.2, -0.15) is 5.26 Å². The Hall–Kier alpha value is -2.75. The minimum Gasteiger partial charge on any atom is -0.384 e. The fraction of sp³-hybridized carbons (Fsp3) is 0.0556. The number of nitrogen functional groups attached to an aromatic ring is 1. The number of benzene rings is 1. The van der Waals surface area contributed by atoms with Crippen LogP contribution < -0.4 is 10.5 Å². The first-order chi connectivity index (χ1) is 12.1. The van der Waals surface area contributed by atoms with Gasteiger partial charge in [0, 0.05) is 17.5 Å². The van der Waals surface area contributed by atoms with Crippen molar-refractivity contribution < 1.29 is 0 Å². The molecule has 3 rings (SSSR count). The van der Waals surface area contributed by atoms with E-state index in [1.54, 1.807) is 24.3 Å². The summed E-state index contributed by atoms with van der Waals surface area (Å²) >= 11 is 7.64. The molecule has 2 aromatic heterocycles. The second-order valence-corrected chi connectivity index (χ2v) is 6.46. The average molecular weight is 368 g/mol. The normalized spacial score (nSPS) is 10.3. The smallest absolute Gasteiger partial charge is 0.136 e. The quantitative estimate of drug-likeness (QED) is 0.651. The maximum absolute atomic E-state index is 9.21. The highest BCUT2D eigenvalue weighted by atomic mass is 35.5. The molecule has 0 spiro atoms. The lowest BCUT2D eigenvalue weighted by Crippen LogP contribution is -1.97. The molecule has 0 atom stereocenters. The Balaban J connectivity index is 1.90. The minimum absolute atomic E-state index is 0.459. The van der Waals surface area contributed by atoms with E-state index in [9.17, 15) is 5.26 Å². The van der Waals surface area contributed by atoms with E-state index in [2.05, 4.69) is 20.8 Å². The number of aromatic nitrogens is 2. The van der Waals surface area contributed by atoms with E-state index in [-0.39, 0.29) is 0 Å². The lowest BCUT2D eigenvalue weighted by Gasteiger charge is -2.11. The molecule has 0 amide bonds. The Morgan fingerprint density at radius 1 is 1.12 bits per heavy atom. The van der Waals surface area contributed by atoms with Crippen LogP contribution in [0.4, 0.5) is 11.6 Å². The fourth-order valence-corrected chi connectivity index (χ4v) is 3.12. The number of halogens is 1. The summed E-state index contributed by atoms with van der Waals surface area (Å²) in [5.41, 5.74) is 8.59. The van der Waals surface area contributed by atoms with Crippen LogP contribution in [-0.4, -0.2) is 9.97 Å². The number of nitrogens with zero attached hydrogens (tertiary/aromatic N) is 3. The molecule has 1 aromatic carbocycles. The molecule has 3 N–H and O–H groups in total. The summed E-state index contributed by atoms with van der Waals surface area (Å²) in [6, 6.07) is 16.7. The Bertz CT molecular complexity index is 968. The third kappa shape index (κ3) is 3.85. The predicted octanol–water partition coefficient (Wildman–Crippen LogP) is 4.68. The number of rotatable bonds is 4. The van der Waals surface area contributed by atoms with Gasteiger partial charge >= 0.3 is 0 Å². The summed E-state index contributed by atoms with van der Waals surface area (Å²) in [6.45, 7) is 1.89. The zero-order valence-electron chi connectivity index (χ0n) is 13.3. The molecule has 25 heavy (non-hydrogen) atoms. The summed E-state index contributed by atoms with van der Waals surface area (Å²) < 4.78 is 3.14. The van der Waals surface area contributed by atoms with Crippen molar-refractivity contribution in [3.8, 4) is 17.3 Å². The zero-order chi connectivity index (χ0) is 17.8. The molecule has 0 saturated carbocycles. The van der Waals surface area contributed by atoms with Crippen LogP contribution in [0.2, 0.25) is 5.02 Å². The van der Waals surface area contributed by atoms with E-state index < -0.39 is 0 Å². The molecule has 7 heteroatoms. The van der Waals surface area contributed by atoms with Gasteiger partial charge in [-0.3, -0.25) is 0 Å². The zero-order valence-corrected chi connectivity index (χ0v) is 14.9. The first-order valence-corrected chi connectivity index (χ1v) is 8.60. The van der Waals surface area contributed by atoms with E-state index in [4.69, 9.17) is 17.3 Å². The van der Waals surface area contributed by atoms with E-state index in [0.717, 1.165) is 16.2 Å². The van der Waals surface area contributed by atoms with Gasteiger partial charge in [0.1, 0.15) is 16.7 Å². The highest BCUT2D eigenvalue weighted by Crippen LogP contribution is 2.32. The largest absolute Gasteiger partial charge is 0.384 e. The van der Waals surface area contributed by atoms with Crippen LogP contribution in [0.3, 0.4) is 0 Å². The van der Waals surface area contributed by atoms with Gasteiger partial charge in [0.2, 0.25) is 0 Å². The Morgan fingerprint density at radius 2 is 1.92 bits per heavy atom. The number of nitrogens with one attached hydrogen (secondary N) is 1. The van der Waals surface area contributed by atoms with Crippen molar-refractivity contribution in [2.24, 2.45) is 0 Å². The maximum Gasteiger partial charge on any atom is 0.136 e. The summed E-state index contributed by atoms with van der Waals surface area (Å²) in [7, 11) is 0.